The number of ketones is 1. The van der Waals surface area contributed by atoms with Crippen LogP contribution in [0, 0.1) is 13.8 Å². The summed E-state index contributed by atoms with van der Waals surface area (Å²) in [7, 11) is 0. The maximum atomic E-state index is 11.8. The van der Waals surface area contributed by atoms with Gasteiger partial charge in [-0.25, -0.2) is 0 Å². The first-order chi connectivity index (χ1) is 7.44. The topological polar surface area (TPSA) is 20.3 Å². The lowest BCUT2D eigenvalue weighted by Gasteiger charge is -2.33. The molecule has 0 amide bonds. The van der Waals surface area contributed by atoms with E-state index in [2.05, 4.69) is 36.9 Å². The van der Waals surface area contributed by atoms with Gasteiger partial charge in [-0.2, -0.15) is 0 Å². The Hall–Kier alpha value is -1.31. The normalized spacial score (nSPS) is 19.2. The number of anilines is 1. The quantitative estimate of drug-likeness (QED) is 0.721. The molecule has 2 rings (SSSR count). The molecule has 1 aliphatic rings. The third-order valence-corrected chi connectivity index (χ3v) is 3.79. The van der Waals surface area contributed by atoms with Gasteiger partial charge in [0.25, 0.3) is 0 Å². The van der Waals surface area contributed by atoms with Gasteiger partial charge in [0, 0.05) is 18.7 Å². The van der Waals surface area contributed by atoms with Gasteiger partial charge >= 0.3 is 0 Å². The highest BCUT2D eigenvalue weighted by Crippen LogP contribution is 2.34. The Kier molecular flexibility index (Phi) is 2.53. The molecular weight excluding hydrogens is 198 g/mol. The van der Waals surface area contributed by atoms with Crippen molar-refractivity contribution in [1.82, 2.24) is 0 Å². The molecule has 0 radical (unpaired) electrons. The van der Waals surface area contributed by atoms with Crippen molar-refractivity contribution in [2.45, 2.75) is 39.7 Å². The van der Waals surface area contributed by atoms with Gasteiger partial charge in [-0.1, -0.05) is 12.1 Å². The Morgan fingerprint density at radius 1 is 1.25 bits per heavy atom. The maximum Gasteiger partial charge on any atom is 0.159 e. The van der Waals surface area contributed by atoms with Crippen LogP contribution in [-0.4, -0.2) is 17.9 Å². The summed E-state index contributed by atoms with van der Waals surface area (Å²) >= 11 is 0. The average molecular weight is 217 g/mol. The van der Waals surface area contributed by atoms with Gasteiger partial charge in [-0.05, 0) is 44.9 Å². The molecule has 1 heterocycles. The highest BCUT2D eigenvalue weighted by Gasteiger charge is 2.40. The zero-order valence-electron chi connectivity index (χ0n) is 10.5. The number of carbonyl (C=O) groups is 1. The van der Waals surface area contributed by atoms with Crippen molar-refractivity contribution in [1.29, 1.82) is 0 Å². The van der Waals surface area contributed by atoms with Gasteiger partial charge < -0.3 is 4.90 Å². The lowest BCUT2D eigenvalue weighted by atomic mass is 9.98. The molecular formula is C14H19NO. The number of hydrogen-bond acceptors (Lipinski definition) is 2. The number of Topliss-reactive ketones (excluding diaryl/α,β-unsaturated/α-hetero) is 1. The first-order valence-electron chi connectivity index (χ1n) is 5.82. The van der Waals surface area contributed by atoms with Gasteiger partial charge in [-0.15, -0.1) is 0 Å². The summed E-state index contributed by atoms with van der Waals surface area (Å²) in [6.07, 6.45) is 0.667. The van der Waals surface area contributed by atoms with Crippen LogP contribution in [0.2, 0.25) is 0 Å². The zero-order valence-corrected chi connectivity index (χ0v) is 10.5. The fraction of sp³-hybridized carbons (Fsp3) is 0.500. The minimum absolute atomic E-state index is 0.341. The highest BCUT2D eigenvalue weighted by atomic mass is 16.1. The maximum absolute atomic E-state index is 11.8. The number of benzene rings is 1. The van der Waals surface area contributed by atoms with Gasteiger partial charge in [-0.3, -0.25) is 4.79 Å². The van der Waals surface area contributed by atoms with E-state index in [0.29, 0.717) is 12.2 Å². The fourth-order valence-corrected chi connectivity index (χ4v) is 2.40. The van der Waals surface area contributed by atoms with Crippen LogP contribution in [-0.2, 0) is 4.79 Å². The standard InChI is InChI=1S/C14H19NO/c1-10-6-5-7-12(11(10)2)15-9-8-13(16)14(15,3)4/h5-7H,8-9H2,1-4H3. The second-order valence-corrected chi connectivity index (χ2v) is 5.10. The van der Waals surface area contributed by atoms with Crippen LogP contribution in [0.4, 0.5) is 5.69 Å². The monoisotopic (exact) mass is 217 g/mol. The predicted octanol–water partition coefficient (Wildman–Crippen LogP) is 2.86. The predicted molar refractivity (Wildman–Crippen MR) is 67.0 cm³/mol. The Labute approximate surface area is 97.3 Å². The van der Waals surface area contributed by atoms with E-state index in [1.807, 2.05) is 13.8 Å². The Morgan fingerprint density at radius 2 is 1.94 bits per heavy atom. The number of carbonyl (C=O) groups excluding carboxylic acids is 1. The van der Waals surface area contributed by atoms with Crippen molar-refractivity contribution < 1.29 is 4.79 Å². The molecule has 2 nitrogen and oxygen atoms in total. The molecule has 0 atom stereocenters. The van der Waals surface area contributed by atoms with E-state index in [4.69, 9.17) is 0 Å². The summed E-state index contributed by atoms with van der Waals surface area (Å²) in [5.74, 6) is 0.341. The molecule has 0 saturated carbocycles. The molecule has 1 aromatic carbocycles. The van der Waals surface area contributed by atoms with E-state index < -0.39 is 0 Å². The second kappa shape index (κ2) is 3.62. The summed E-state index contributed by atoms with van der Waals surface area (Å²) in [5, 5.41) is 0. The highest BCUT2D eigenvalue weighted by molar-refractivity contribution is 5.94. The molecule has 1 aliphatic heterocycles. The Morgan fingerprint density at radius 3 is 2.50 bits per heavy atom. The molecule has 0 spiro atoms. The van der Waals surface area contributed by atoms with E-state index in [0.717, 1.165) is 6.54 Å². The van der Waals surface area contributed by atoms with Gasteiger partial charge in [0.1, 0.15) is 0 Å². The molecule has 0 aliphatic carbocycles. The number of rotatable bonds is 1. The number of nitrogens with zero attached hydrogens (tertiary/aromatic N) is 1. The minimum atomic E-state index is -0.349. The molecule has 2 heteroatoms. The van der Waals surface area contributed by atoms with Crippen molar-refractivity contribution in [2.24, 2.45) is 0 Å². The summed E-state index contributed by atoms with van der Waals surface area (Å²) in [6, 6.07) is 6.29. The molecule has 0 N–H and O–H groups in total. The molecule has 1 saturated heterocycles. The second-order valence-electron chi connectivity index (χ2n) is 5.10. The average Bonchev–Trinajstić information content (AvgIpc) is 2.48. The van der Waals surface area contributed by atoms with E-state index in [9.17, 15) is 4.79 Å². The Balaban J connectivity index is 2.46. The molecule has 1 aromatic rings. The number of hydrogen-bond donors (Lipinski definition) is 0. The molecule has 1 fully saturated rings. The van der Waals surface area contributed by atoms with Crippen LogP contribution in [0.1, 0.15) is 31.4 Å². The number of aryl methyl sites for hydroxylation is 1. The smallest absolute Gasteiger partial charge is 0.159 e. The van der Waals surface area contributed by atoms with Crippen LogP contribution in [0.25, 0.3) is 0 Å². The third-order valence-electron chi connectivity index (χ3n) is 3.79. The van der Waals surface area contributed by atoms with Crippen LogP contribution in [0.15, 0.2) is 18.2 Å². The van der Waals surface area contributed by atoms with E-state index in [-0.39, 0.29) is 5.54 Å². The molecule has 86 valence electrons. The van der Waals surface area contributed by atoms with Crippen LogP contribution < -0.4 is 4.90 Å². The molecule has 0 bridgehead atoms. The summed E-state index contributed by atoms with van der Waals surface area (Å²) in [4.78, 5) is 14.1. The molecule has 16 heavy (non-hydrogen) atoms. The fourth-order valence-electron chi connectivity index (χ4n) is 2.40. The summed E-state index contributed by atoms with van der Waals surface area (Å²) in [6.45, 7) is 9.12. The van der Waals surface area contributed by atoms with Gasteiger partial charge in [0.2, 0.25) is 0 Å². The summed E-state index contributed by atoms with van der Waals surface area (Å²) in [5.41, 5.74) is 3.42. The van der Waals surface area contributed by atoms with Crippen LogP contribution in [0.3, 0.4) is 0 Å². The van der Waals surface area contributed by atoms with Gasteiger partial charge in [0.15, 0.2) is 5.78 Å². The van der Waals surface area contributed by atoms with E-state index in [1.54, 1.807) is 0 Å². The first-order valence-corrected chi connectivity index (χ1v) is 5.82. The summed E-state index contributed by atoms with van der Waals surface area (Å²) < 4.78 is 0. The zero-order chi connectivity index (χ0) is 11.9. The first kappa shape index (κ1) is 11.2. The van der Waals surface area contributed by atoms with Crippen molar-refractivity contribution in [2.75, 3.05) is 11.4 Å². The minimum Gasteiger partial charge on any atom is -0.359 e. The van der Waals surface area contributed by atoms with E-state index >= 15 is 0 Å². The van der Waals surface area contributed by atoms with Gasteiger partial charge in [0.05, 0.1) is 5.54 Å². The largest absolute Gasteiger partial charge is 0.359 e. The van der Waals surface area contributed by atoms with Crippen molar-refractivity contribution in [3.05, 3.63) is 29.3 Å². The lowest BCUT2D eigenvalue weighted by Crippen LogP contribution is -2.43. The van der Waals surface area contributed by atoms with Crippen molar-refractivity contribution in [3.8, 4) is 0 Å². The SMILES string of the molecule is Cc1cccc(N2CCC(=O)C2(C)C)c1C. The molecule has 0 unspecified atom stereocenters. The third kappa shape index (κ3) is 1.53. The lowest BCUT2D eigenvalue weighted by molar-refractivity contribution is -0.120. The van der Waals surface area contributed by atoms with Crippen molar-refractivity contribution in [3.63, 3.8) is 0 Å². The van der Waals surface area contributed by atoms with Crippen LogP contribution >= 0.6 is 0 Å². The molecule has 0 aromatic heterocycles. The van der Waals surface area contributed by atoms with Crippen molar-refractivity contribution >= 4 is 11.5 Å². The van der Waals surface area contributed by atoms with Crippen LogP contribution in [0.5, 0.6) is 0 Å². The Bertz CT molecular complexity index is 434. The van der Waals surface area contributed by atoms with E-state index in [1.165, 1.54) is 16.8 Å².